The van der Waals surface area contributed by atoms with E-state index in [0.29, 0.717) is 85.6 Å². The van der Waals surface area contributed by atoms with E-state index in [2.05, 4.69) is 16.0 Å². The van der Waals surface area contributed by atoms with Gasteiger partial charge in [0.05, 0.1) is 52.9 Å². The van der Waals surface area contributed by atoms with E-state index >= 15 is 0 Å². The maximum atomic E-state index is 11.7. The summed E-state index contributed by atoms with van der Waals surface area (Å²) in [5.41, 5.74) is 0. The molecule has 0 aromatic heterocycles. The van der Waals surface area contributed by atoms with Crippen molar-refractivity contribution in [3.05, 3.63) is 0 Å². The Hall–Kier alpha value is -1.67. The lowest BCUT2D eigenvalue weighted by Gasteiger charge is -2.09. The maximum absolute atomic E-state index is 11.7. The smallest absolute Gasteiger partial charge is 0.246 e. The van der Waals surface area contributed by atoms with Crippen LogP contribution in [0.3, 0.4) is 0 Å². The molecule has 0 aromatic carbocycles. The van der Waals surface area contributed by atoms with Crippen molar-refractivity contribution in [2.75, 3.05) is 106 Å². The van der Waals surface area contributed by atoms with Gasteiger partial charge in [0, 0.05) is 38.6 Å². The fourth-order valence-corrected chi connectivity index (χ4v) is 2.62. The number of rotatable bonds is 28. The van der Waals surface area contributed by atoms with Crippen molar-refractivity contribution in [2.45, 2.75) is 33.1 Å². The SMILES string of the molecule is CNCCCC(=O)NCCOCCOCC(=O)NCCOCCOCCCOCCOCC(=O)C(C)C. The molecule has 0 aliphatic heterocycles. The number of hydrogen-bond acceptors (Lipinski definition) is 10. The van der Waals surface area contributed by atoms with Gasteiger partial charge in [-0.05, 0) is 26.4 Å². The van der Waals surface area contributed by atoms with Gasteiger partial charge in [-0.25, -0.2) is 0 Å². The number of carbonyl (C=O) groups is 3. The molecule has 0 heterocycles. The summed E-state index contributed by atoms with van der Waals surface area (Å²) in [7, 11) is 1.85. The number of amides is 2. The van der Waals surface area contributed by atoms with Crippen molar-refractivity contribution in [1.82, 2.24) is 16.0 Å². The zero-order valence-corrected chi connectivity index (χ0v) is 23.0. The number of hydrogen-bond donors (Lipinski definition) is 3. The molecular weight excluding hydrogens is 486 g/mol. The molecule has 0 spiro atoms. The summed E-state index contributed by atoms with van der Waals surface area (Å²) in [4.78, 5) is 34.6. The van der Waals surface area contributed by atoms with Crippen LogP contribution < -0.4 is 16.0 Å². The van der Waals surface area contributed by atoms with Crippen LogP contribution in [0.4, 0.5) is 0 Å². The average molecular weight is 536 g/mol. The molecule has 0 saturated carbocycles. The highest BCUT2D eigenvalue weighted by atomic mass is 16.5. The summed E-state index contributed by atoms with van der Waals surface area (Å²) < 4.78 is 32.1. The van der Waals surface area contributed by atoms with Gasteiger partial charge >= 0.3 is 0 Å². The van der Waals surface area contributed by atoms with E-state index in [-0.39, 0.29) is 36.7 Å². The summed E-state index contributed by atoms with van der Waals surface area (Å²) in [6, 6.07) is 0. The Bertz CT molecular complexity index is 566. The molecule has 0 fully saturated rings. The van der Waals surface area contributed by atoms with Crippen LogP contribution in [0, 0.1) is 5.92 Å². The predicted molar refractivity (Wildman–Crippen MR) is 139 cm³/mol. The first-order valence-corrected chi connectivity index (χ1v) is 13.1. The molecule has 0 atom stereocenters. The van der Waals surface area contributed by atoms with Gasteiger partial charge in [0.15, 0.2) is 5.78 Å². The molecule has 0 radical (unpaired) electrons. The van der Waals surface area contributed by atoms with Crippen molar-refractivity contribution in [3.63, 3.8) is 0 Å². The van der Waals surface area contributed by atoms with Crippen LogP contribution in [0.15, 0.2) is 0 Å². The first-order valence-electron chi connectivity index (χ1n) is 13.1. The van der Waals surface area contributed by atoms with E-state index in [0.717, 1.165) is 19.4 Å². The van der Waals surface area contributed by atoms with Gasteiger partial charge in [-0.3, -0.25) is 14.4 Å². The number of nitrogens with one attached hydrogen (secondary N) is 3. The Balaban J connectivity index is 3.24. The van der Waals surface area contributed by atoms with Gasteiger partial charge in [0.1, 0.15) is 13.2 Å². The van der Waals surface area contributed by atoms with E-state index in [4.69, 9.17) is 28.4 Å². The summed E-state index contributed by atoms with van der Waals surface area (Å²) >= 11 is 0. The Morgan fingerprint density at radius 3 is 1.59 bits per heavy atom. The molecule has 3 N–H and O–H groups in total. The Morgan fingerprint density at radius 2 is 1.05 bits per heavy atom. The molecule has 0 unspecified atom stereocenters. The van der Waals surface area contributed by atoms with Gasteiger partial charge in [-0.15, -0.1) is 0 Å². The lowest BCUT2D eigenvalue weighted by atomic mass is 10.1. The largest absolute Gasteiger partial charge is 0.379 e. The summed E-state index contributed by atoms with van der Waals surface area (Å²) in [5.74, 6) is -0.114. The normalized spacial score (nSPS) is 11.1. The van der Waals surface area contributed by atoms with Crippen LogP contribution in [0.25, 0.3) is 0 Å². The molecule has 0 aliphatic rings. The predicted octanol–water partition coefficient (Wildman–Crippen LogP) is -0.0668. The highest BCUT2D eigenvalue weighted by molar-refractivity contribution is 5.81. The molecule has 0 aliphatic carbocycles. The van der Waals surface area contributed by atoms with E-state index in [9.17, 15) is 14.4 Å². The fraction of sp³-hybridized carbons (Fsp3) is 0.880. The quantitative estimate of drug-likeness (QED) is 0.117. The molecule has 0 aromatic rings. The second-order valence-corrected chi connectivity index (χ2v) is 8.44. The Kier molecular flexibility index (Phi) is 26.1. The highest BCUT2D eigenvalue weighted by Gasteiger charge is 2.06. The number of carbonyl (C=O) groups excluding carboxylic acids is 3. The minimum atomic E-state index is -0.217. The average Bonchev–Trinajstić information content (AvgIpc) is 2.87. The summed E-state index contributed by atoms with van der Waals surface area (Å²) in [6.07, 6.45) is 2.06. The minimum Gasteiger partial charge on any atom is -0.379 e. The van der Waals surface area contributed by atoms with Crippen molar-refractivity contribution < 1.29 is 42.8 Å². The molecule has 0 saturated heterocycles. The Morgan fingerprint density at radius 1 is 0.568 bits per heavy atom. The van der Waals surface area contributed by atoms with Gasteiger partial charge in [-0.2, -0.15) is 0 Å². The monoisotopic (exact) mass is 535 g/mol. The zero-order chi connectivity index (χ0) is 27.4. The van der Waals surface area contributed by atoms with Crippen LogP contribution in [0.1, 0.15) is 33.1 Å². The summed E-state index contributed by atoms with van der Waals surface area (Å²) in [6.45, 7) is 9.83. The van der Waals surface area contributed by atoms with Crippen molar-refractivity contribution >= 4 is 17.6 Å². The molecule has 218 valence electrons. The van der Waals surface area contributed by atoms with Crippen LogP contribution in [-0.4, -0.2) is 124 Å². The van der Waals surface area contributed by atoms with Crippen molar-refractivity contribution in [2.24, 2.45) is 5.92 Å². The van der Waals surface area contributed by atoms with E-state index in [1.54, 1.807) is 0 Å². The van der Waals surface area contributed by atoms with Crippen LogP contribution in [0.2, 0.25) is 0 Å². The zero-order valence-electron chi connectivity index (χ0n) is 23.0. The lowest BCUT2D eigenvalue weighted by molar-refractivity contribution is -0.127. The molecule has 2 amide bonds. The number of ether oxygens (including phenoxy) is 6. The maximum Gasteiger partial charge on any atom is 0.246 e. The minimum absolute atomic E-state index is 0.00512. The standard InChI is InChI=1S/C25H49N3O9/c1-22(2)23(29)20-36-18-16-33-11-5-10-32-14-15-34-13-9-28-25(31)21-37-19-17-35-12-8-27-24(30)6-4-7-26-3/h22,26H,4-21H2,1-3H3,(H,27,30)(H,28,31). The molecule has 0 rings (SSSR count). The topological polar surface area (TPSA) is 143 Å². The third kappa shape index (κ3) is 27.2. The first kappa shape index (κ1) is 35.3. The van der Waals surface area contributed by atoms with Gasteiger partial charge in [-0.1, -0.05) is 13.8 Å². The molecular formula is C25H49N3O9. The second-order valence-electron chi connectivity index (χ2n) is 8.44. The Labute approximate surface area is 221 Å². The second kappa shape index (κ2) is 27.4. The van der Waals surface area contributed by atoms with Crippen LogP contribution in [0.5, 0.6) is 0 Å². The highest BCUT2D eigenvalue weighted by Crippen LogP contribution is 1.94. The van der Waals surface area contributed by atoms with Crippen molar-refractivity contribution in [1.29, 1.82) is 0 Å². The number of ketones is 1. The molecule has 12 heteroatoms. The first-order chi connectivity index (χ1) is 18.0. The van der Waals surface area contributed by atoms with Gasteiger partial charge in [0.25, 0.3) is 0 Å². The van der Waals surface area contributed by atoms with Crippen LogP contribution >= 0.6 is 0 Å². The third-order valence-corrected chi connectivity index (χ3v) is 4.78. The molecule has 12 nitrogen and oxygen atoms in total. The van der Waals surface area contributed by atoms with E-state index in [1.807, 2.05) is 20.9 Å². The van der Waals surface area contributed by atoms with Gasteiger partial charge in [0.2, 0.25) is 11.8 Å². The fourth-order valence-electron chi connectivity index (χ4n) is 2.62. The lowest BCUT2D eigenvalue weighted by Crippen LogP contribution is -2.31. The van der Waals surface area contributed by atoms with Gasteiger partial charge < -0.3 is 44.4 Å². The third-order valence-electron chi connectivity index (χ3n) is 4.78. The van der Waals surface area contributed by atoms with E-state index < -0.39 is 0 Å². The van der Waals surface area contributed by atoms with Crippen LogP contribution in [-0.2, 0) is 42.8 Å². The molecule has 37 heavy (non-hydrogen) atoms. The van der Waals surface area contributed by atoms with Crippen molar-refractivity contribution in [3.8, 4) is 0 Å². The van der Waals surface area contributed by atoms with E-state index in [1.165, 1.54) is 0 Å². The molecule has 0 bridgehead atoms. The summed E-state index contributed by atoms with van der Waals surface area (Å²) in [5, 5.41) is 8.49. The number of Topliss-reactive ketones (excluding diaryl/α,β-unsaturated/α-hetero) is 1.